The van der Waals surface area contributed by atoms with Gasteiger partial charge in [0.15, 0.2) is 0 Å². The van der Waals surface area contributed by atoms with Gasteiger partial charge >= 0.3 is 0 Å². The lowest BCUT2D eigenvalue weighted by atomic mass is 9.73. The van der Waals surface area contributed by atoms with Crippen LogP contribution in [0.5, 0.6) is 5.75 Å². The first-order valence-electron chi connectivity index (χ1n) is 8.37. The summed E-state index contributed by atoms with van der Waals surface area (Å²) in [5, 5.41) is 3.55. The van der Waals surface area contributed by atoms with Crippen LogP contribution in [0.4, 0.5) is 4.39 Å². The van der Waals surface area contributed by atoms with Gasteiger partial charge in [-0.3, -0.25) is 0 Å². The fourth-order valence-electron chi connectivity index (χ4n) is 3.99. The highest BCUT2D eigenvalue weighted by Crippen LogP contribution is 2.47. The molecule has 2 aliphatic rings. The van der Waals surface area contributed by atoms with E-state index in [0.717, 1.165) is 43.0 Å². The van der Waals surface area contributed by atoms with Gasteiger partial charge in [0.05, 0.1) is 0 Å². The summed E-state index contributed by atoms with van der Waals surface area (Å²) in [6, 6.07) is 5.27. The summed E-state index contributed by atoms with van der Waals surface area (Å²) in [6.45, 7) is 5.32. The quantitative estimate of drug-likeness (QED) is 0.879. The third-order valence-electron chi connectivity index (χ3n) is 5.30. The smallest absolute Gasteiger partial charge is 0.127 e. The predicted octanol–water partition coefficient (Wildman–Crippen LogP) is 4.60. The van der Waals surface area contributed by atoms with Crippen molar-refractivity contribution < 1.29 is 9.13 Å². The van der Waals surface area contributed by atoms with Crippen LogP contribution in [-0.4, -0.2) is 12.1 Å². The second kappa shape index (κ2) is 5.96. The lowest BCUT2D eigenvalue weighted by molar-refractivity contribution is -0.0151. The van der Waals surface area contributed by atoms with Crippen molar-refractivity contribution in [3.05, 3.63) is 29.6 Å². The third-order valence-corrected chi connectivity index (χ3v) is 5.30. The summed E-state index contributed by atoms with van der Waals surface area (Å²) in [5.41, 5.74) is 1.03. The fourth-order valence-corrected chi connectivity index (χ4v) is 3.99. The average molecular weight is 291 g/mol. The van der Waals surface area contributed by atoms with Crippen molar-refractivity contribution in [2.24, 2.45) is 5.92 Å². The second-order valence-electron chi connectivity index (χ2n) is 6.63. The molecule has 1 unspecified atom stereocenters. The van der Waals surface area contributed by atoms with Crippen molar-refractivity contribution in [3.8, 4) is 5.75 Å². The van der Waals surface area contributed by atoms with E-state index in [1.165, 1.54) is 19.3 Å². The molecule has 116 valence electrons. The maximum Gasteiger partial charge on any atom is 0.127 e. The molecule has 2 nitrogen and oxygen atoms in total. The summed E-state index contributed by atoms with van der Waals surface area (Å²) in [7, 11) is 0. The number of ether oxygens (including phenoxy) is 1. The van der Waals surface area contributed by atoms with Gasteiger partial charge in [0.2, 0.25) is 0 Å². The molecule has 3 heteroatoms. The number of hydrogen-bond acceptors (Lipinski definition) is 2. The normalized spacial score (nSPS) is 31.8. The summed E-state index contributed by atoms with van der Waals surface area (Å²) in [5.74, 6) is 1.39. The molecule has 0 bridgehead atoms. The molecule has 0 saturated heterocycles. The molecule has 0 radical (unpaired) electrons. The van der Waals surface area contributed by atoms with Gasteiger partial charge in [0.1, 0.15) is 17.2 Å². The van der Waals surface area contributed by atoms with Gasteiger partial charge in [0, 0.05) is 24.1 Å². The van der Waals surface area contributed by atoms with Crippen LogP contribution in [0.15, 0.2) is 18.2 Å². The first kappa shape index (κ1) is 14.8. The van der Waals surface area contributed by atoms with E-state index in [1.54, 1.807) is 12.1 Å². The van der Waals surface area contributed by atoms with Gasteiger partial charge < -0.3 is 10.1 Å². The van der Waals surface area contributed by atoms with Crippen molar-refractivity contribution in [1.82, 2.24) is 5.32 Å². The third kappa shape index (κ3) is 2.94. The van der Waals surface area contributed by atoms with E-state index in [0.29, 0.717) is 0 Å². The minimum Gasteiger partial charge on any atom is -0.487 e. The van der Waals surface area contributed by atoms with Gasteiger partial charge in [-0.1, -0.05) is 26.3 Å². The molecule has 3 rings (SSSR count). The summed E-state index contributed by atoms with van der Waals surface area (Å²) >= 11 is 0. The van der Waals surface area contributed by atoms with E-state index in [2.05, 4.69) is 19.2 Å². The van der Waals surface area contributed by atoms with Crippen LogP contribution < -0.4 is 10.1 Å². The summed E-state index contributed by atoms with van der Waals surface area (Å²) < 4.78 is 19.9. The van der Waals surface area contributed by atoms with Crippen molar-refractivity contribution in [3.63, 3.8) is 0 Å². The molecule has 1 saturated carbocycles. The zero-order chi connectivity index (χ0) is 14.9. The maximum absolute atomic E-state index is 13.6. The Morgan fingerprint density at radius 1 is 1.29 bits per heavy atom. The van der Waals surface area contributed by atoms with Gasteiger partial charge in [-0.15, -0.1) is 0 Å². The highest BCUT2D eigenvalue weighted by atomic mass is 19.1. The Labute approximate surface area is 127 Å². The molecule has 1 fully saturated rings. The number of nitrogens with one attached hydrogen (secondary N) is 1. The standard InChI is InChI=1S/C18H26FNO/c1-3-13-7-9-18(10-8-13)12-16(20-4-2)15-6-5-14(19)11-17(15)21-18/h5-6,11,13,16,20H,3-4,7-10,12H2,1-2H3. The summed E-state index contributed by atoms with van der Waals surface area (Å²) in [4.78, 5) is 0. The van der Waals surface area contributed by atoms with Crippen molar-refractivity contribution >= 4 is 0 Å². The molecule has 0 aromatic heterocycles. The van der Waals surface area contributed by atoms with E-state index >= 15 is 0 Å². The van der Waals surface area contributed by atoms with Crippen LogP contribution in [0.25, 0.3) is 0 Å². The highest BCUT2D eigenvalue weighted by Gasteiger charge is 2.43. The van der Waals surface area contributed by atoms with E-state index in [9.17, 15) is 4.39 Å². The molecular formula is C18H26FNO. The van der Waals surface area contributed by atoms with E-state index in [-0.39, 0.29) is 17.5 Å². The van der Waals surface area contributed by atoms with E-state index < -0.39 is 0 Å². The zero-order valence-corrected chi connectivity index (χ0v) is 13.1. The van der Waals surface area contributed by atoms with Gasteiger partial charge in [-0.25, -0.2) is 4.39 Å². The Balaban J connectivity index is 1.86. The van der Waals surface area contributed by atoms with Crippen LogP contribution in [-0.2, 0) is 0 Å². The molecule has 1 atom stereocenters. The molecule has 0 amide bonds. The molecule has 21 heavy (non-hydrogen) atoms. The molecular weight excluding hydrogens is 265 g/mol. The van der Waals surface area contributed by atoms with Crippen LogP contribution in [0, 0.1) is 11.7 Å². The monoisotopic (exact) mass is 291 g/mol. The second-order valence-corrected chi connectivity index (χ2v) is 6.63. The SMILES string of the molecule is CCNC1CC2(CCC(CC)CC2)Oc2cc(F)ccc21. The number of rotatable bonds is 3. The number of benzene rings is 1. The summed E-state index contributed by atoms with van der Waals surface area (Å²) in [6.07, 6.45) is 6.94. The molecule has 1 aliphatic heterocycles. The van der Waals surface area contributed by atoms with Gasteiger partial charge in [-0.05, 0) is 44.2 Å². The Hall–Kier alpha value is -1.09. The molecule has 1 heterocycles. The molecule has 1 aromatic rings. The lowest BCUT2D eigenvalue weighted by Crippen LogP contribution is -2.46. The van der Waals surface area contributed by atoms with Gasteiger partial charge in [-0.2, -0.15) is 0 Å². The Bertz CT molecular complexity index is 494. The molecule has 1 aliphatic carbocycles. The van der Waals surface area contributed by atoms with Crippen molar-refractivity contribution in [2.75, 3.05) is 6.54 Å². The largest absolute Gasteiger partial charge is 0.487 e. The van der Waals surface area contributed by atoms with Crippen LogP contribution in [0.2, 0.25) is 0 Å². The van der Waals surface area contributed by atoms with Crippen molar-refractivity contribution in [2.45, 2.75) is 64.0 Å². The van der Waals surface area contributed by atoms with Crippen LogP contribution >= 0.6 is 0 Å². The van der Waals surface area contributed by atoms with E-state index in [1.807, 2.05) is 6.07 Å². The minimum atomic E-state index is -0.205. The average Bonchev–Trinajstić information content (AvgIpc) is 2.48. The first-order valence-corrected chi connectivity index (χ1v) is 8.37. The van der Waals surface area contributed by atoms with Crippen LogP contribution in [0.3, 0.4) is 0 Å². The Morgan fingerprint density at radius 3 is 2.71 bits per heavy atom. The minimum absolute atomic E-state index is 0.0840. The lowest BCUT2D eigenvalue weighted by Gasteiger charge is -2.46. The van der Waals surface area contributed by atoms with E-state index in [4.69, 9.17) is 4.74 Å². The van der Waals surface area contributed by atoms with Crippen LogP contribution in [0.1, 0.15) is 64.0 Å². The fraction of sp³-hybridized carbons (Fsp3) is 0.667. The molecule has 1 aromatic carbocycles. The first-order chi connectivity index (χ1) is 10.2. The highest BCUT2D eigenvalue weighted by molar-refractivity contribution is 5.39. The van der Waals surface area contributed by atoms with Crippen molar-refractivity contribution in [1.29, 1.82) is 0 Å². The number of halogens is 1. The predicted molar refractivity (Wildman–Crippen MR) is 83.0 cm³/mol. The Kier molecular flexibility index (Phi) is 4.21. The molecule has 1 spiro atoms. The molecule has 1 N–H and O–H groups in total. The number of fused-ring (bicyclic) bond motifs is 1. The van der Waals surface area contributed by atoms with Gasteiger partial charge in [0.25, 0.3) is 0 Å². The maximum atomic E-state index is 13.6. The number of hydrogen-bond donors (Lipinski definition) is 1. The Morgan fingerprint density at radius 2 is 2.05 bits per heavy atom. The topological polar surface area (TPSA) is 21.3 Å². The zero-order valence-electron chi connectivity index (χ0n) is 13.1.